The van der Waals surface area contributed by atoms with Gasteiger partial charge in [-0.2, -0.15) is 0 Å². The van der Waals surface area contributed by atoms with Crippen molar-refractivity contribution in [3.63, 3.8) is 0 Å². The molecule has 0 aromatic carbocycles. The zero-order chi connectivity index (χ0) is 4.12. The van der Waals surface area contributed by atoms with E-state index >= 15 is 0 Å². The number of hydrogen-bond acceptors (Lipinski definition) is 1. The highest BCUT2D eigenvalue weighted by Gasteiger charge is 1.54. The van der Waals surface area contributed by atoms with Crippen LogP contribution in [-0.4, -0.2) is 6.26 Å². The standard InChI is InChI=1S/C3H5FS/c1-5-3-2-4/h2-3H,1H3/b3-2+. The minimum absolute atomic E-state index is 0.519. The van der Waals surface area contributed by atoms with Crippen LogP contribution in [-0.2, 0) is 0 Å². The van der Waals surface area contributed by atoms with Crippen LogP contribution in [0.15, 0.2) is 11.7 Å². The maximum absolute atomic E-state index is 10.8. The third-order valence-corrected chi connectivity index (χ3v) is 0.563. The first-order valence-corrected chi connectivity index (χ1v) is 2.48. The number of hydrogen-bond donors (Lipinski definition) is 0. The molecule has 0 N–H and O–H groups in total. The summed E-state index contributed by atoms with van der Waals surface area (Å²) in [6.07, 6.45) is 2.32. The molecule has 0 saturated carbocycles. The molecule has 0 aromatic rings. The fourth-order valence-electron chi connectivity index (χ4n) is 0.0514. The van der Waals surface area contributed by atoms with Gasteiger partial charge in [-0.1, -0.05) is 0 Å². The molecule has 0 fully saturated rings. The molecule has 5 heavy (non-hydrogen) atoms. The summed E-state index contributed by atoms with van der Waals surface area (Å²) in [6, 6.07) is 0. The molecule has 0 radical (unpaired) electrons. The van der Waals surface area contributed by atoms with Gasteiger partial charge in [0.05, 0.1) is 6.33 Å². The SMILES string of the molecule is CS/C=C/F. The van der Waals surface area contributed by atoms with Crippen LogP contribution in [0.2, 0.25) is 0 Å². The van der Waals surface area contributed by atoms with Crippen molar-refractivity contribution < 1.29 is 4.39 Å². The van der Waals surface area contributed by atoms with Gasteiger partial charge in [-0.3, -0.25) is 0 Å². The summed E-state index contributed by atoms with van der Waals surface area (Å²) in [5.74, 6) is 0. The summed E-state index contributed by atoms with van der Waals surface area (Å²) in [4.78, 5) is 0. The lowest BCUT2D eigenvalue weighted by Crippen LogP contribution is -1.32. The van der Waals surface area contributed by atoms with Crippen molar-refractivity contribution >= 4 is 11.8 Å². The van der Waals surface area contributed by atoms with Crippen LogP contribution in [0, 0.1) is 0 Å². The first kappa shape index (κ1) is 5.02. The summed E-state index contributed by atoms with van der Waals surface area (Å²) in [5, 5.41) is 1.38. The quantitative estimate of drug-likeness (QED) is 0.475. The van der Waals surface area contributed by atoms with E-state index in [1.54, 1.807) is 6.26 Å². The molecule has 0 unspecified atom stereocenters. The van der Waals surface area contributed by atoms with E-state index in [2.05, 4.69) is 0 Å². The Bertz CT molecular complexity index is 33.9. The Kier molecular flexibility index (Phi) is 4.04. The van der Waals surface area contributed by atoms with Gasteiger partial charge in [-0.05, 0) is 11.7 Å². The van der Waals surface area contributed by atoms with E-state index < -0.39 is 0 Å². The summed E-state index contributed by atoms with van der Waals surface area (Å²) in [7, 11) is 0. The van der Waals surface area contributed by atoms with Crippen LogP contribution in [0.4, 0.5) is 4.39 Å². The summed E-state index contributed by atoms with van der Waals surface area (Å²) in [6.45, 7) is 0. The lowest BCUT2D eigenvalue weighted by molar-refractivity contribution is 0.724. The molecule has 0 bridgehead atoms. The molecular weight excluding hydrogens is 87.1 g/mol. The second kappa shape index (κ2) is 4.02. The van der Waals surface area contributed by atoms with Crippen molar-refractivity contribution in [1.29, 1.82) is 0 Å². The second-order valence-electron chi connectivity index (χ2n) is 0.498. The zero-order valence-electron chi connectivity index (χ0n) is 2.94. The molecule has 0 nitrogen and oxygen atoms in total. The van der Waals surface area contributed by atoms with Crippen molar-refractivity contribution in [2.45, 2.75) is 0 Å². The highest BCUT2D eigenvalue weighted by molar-refractivity contribution is 8.01. The first-order chi connectivity index (χ1) is 2.41. The first-order valence-electron chi connectivity index (χ1n) is 1.20. The van der Waals surface area contributed by atoms with E-state index in [1.807, 2.05) is 0 Å². The van der Waals surface area contributed by atoms with Crippen molar-refractivity contribution in [2.24, 2.45) is 0 Å². The maximum atomic E-state index is 10.8. The average molecular weight is 92.1 g/mol. The molecule has 0 saturated heterocycles. The summed E-state index contributed by atoms with van der Waals surface area (Å²) in [5.41, 5.74) is 0. The lowest BCUT2D eigenvalue weighted by atomic mass is 11.2. The minimum Gasteiger partial charge on any atom is -0.215 e. The molecule has 0 aliphatic rings. The molecular formula is C3H5FS. The Hall–Kier alpha value is 0.0200. The van der Waals surface area contributed by atoms with Crippen LogP contribution >= 0.6 is 11.8 Å². The molecule has 0 aliphatic carbocycles. The zero-order valence-corrected chi connectivity index (χ0v) is 3.76. The molecule has 30 valence electrons. The van der Waals surface area contributed by atoms with E-state index in [4.69, 9.17) is 0 Å². The smallest absolute Gasteiger partial charge is 0.0929 e. The van der Waals surface area contributed by atoms with Gasteiger partial charge in [-0.25, -0.2) is 4.39 Å². The van der Waals surface area contributed by atoms with Crippen molar-refractivity contribution in [1.82, 2.24) is 0 Å². The Balaban J connectivity index is 2.62. The highest BCUT2D eigenvalue weighted by atomic mass is 32.2. The highest BCUT2D eigenvalue weighted by Crippen LogP contribution is 1.90. The summed E-state index contributed by atoms with van der Waals surface area (Å²) < 4.78 is 10.8. The fourth-order valence-corrected chi connectivity index (χ4v) is 0.154. The molecule has 0 aromatic heterocycles. The molecule has 0 heterocycles. The van der Waals surface area contributed by atoms with Gasteiger partial charge in [0.25, 0.3) is 0 Å². The number of rotatable bonds is 1. The Labute approximate surface area is 35.1 Å². The topological polar surface area (TPSA) is 0 Å². The Morgan fingerprint density at radius 1 is 1.80 bits per heavy atom. The van der Waals surface area contributed by atoms with Gasteiger partial charge >= 0.3 is 0 Å². The van der Waals surface area contributed by atoms with Gasteiger partial charge in [0, 0.05) is 0 Å². The van der Waals surface area contributed by atoms with Gasteiger partial charge in [0.15, 0.2) is 0 Å². The van der Waals surface area contributed by atoms with Gasteiger partial charge < -0.3 is 0 Å². The number of halogens is 1. The number of thioether (sulfide) groups is 1. The van der Waals surface area contributed by atoms with Crippen molar-refractivity contribution in [3.05, 3.63) is 11.7 Å². The van der Waals surface area contributed by atoms with Crippen molar-refractivity contribution in [2.75, 3.05) is 6.26 Å². The van der Waals surface area contributed by atoms with Gasteiger partial charge in [0.2, 0.25) is 0 Å². The third kappa shape index (κ3) is 4.02. The molecule has 2 heteroatoms. The fraction of sp³-hybridized carbons (Fsp3) is 0.333. The predicted molar refractivity (Wildman–Crippen MR) is 23.8 cm³/mol. The van der Waals surface area contributed by atoms with Crippen LogP contribution in [0.3, 0.4) is 0 Å². The molecule has 0 aliphatic heterocycles. The minimum atomic E-state index is 0.519. The van der Waals surface area contributed by atoms with Crippen molar-refractivity contribution in [3.8, 4) is 0 Å². The van der Waals surface area contributed by atoms with Gasteiger partial charge in [-0.15, -0.1) is 11.8 Å². The largest absolute Gasteiger partial charge is 0.215 e. The van der Waals surface area contributed by atoms with Crippen LogP contribution in [0.25, 0.3) is 0 Å². The van der Waals surface area contributed by atoms with Crippen LogP contribution in [0.1, 0.15) is 0 Å². The van der Waals surface area contributed by atoms with E-state index in [0.29, 0.717) is 6.33 Å². The monoisotopic (exact) mass is 92.0 g/mol. The van der Waals surface area contributed by atoms with E-state index in [1.165, 1.54) is 17.2 Å². The third-order valence-electron chi connectivity index (χ3n) is 0.188. The normalized spacial score (nSPS) is 10.0. The lowest BCUT2D eigenvalue weighted by Gasteiger charge is -1.63. The maximum Gasteiger partial charge on any atom is 0.0929 e. The Morgan fingerprint density at radius 3 is 2.40 bits per heavy atom. The average Bonchev–Trinajstić information content (AvgIpc) is 1.41. The van der Waals surface area contributed by atoms with Crippen LogP contribution in [0.5, 0.6) is 0 Å². The second-order valence-corrected chi connectivity index (χ2v) is 1.24. The molecule has 0 rings (SSSR count). The molecule has 0 atom stereocenters. The van der Waals surface area contributed by atoms with Gasteiger partial charge in [0.1, 0.15) is 0 Å². The predicted octanol–water partition coefficient (Wildman–Crippen LogP) is 1.79. The molecule has 0 spiro atoms. The van der Waals surface area contributed by atoms with E-state index in [-0.39, 0.29) is 0 Å². The van der Waals surface area contributed by atoms with E-state index in [9.17, 15) is 4.39 Å². The van der Waals surface area contributed by atoms with E-state index in [0.717, 1.165) is 0 Å². The summed E-state index contributed by atoms with van der Waals surface area (Å²) >= 11 is 1.35. The van der Waals surface area contributed by atoms with Crippen LogP contribution < -0.4 is 0 Å². The molecule has 0 amide bonds. The Morgan fingerprint density at radius 2 is 2.40 bits per heavy atom.